The first-order valence-corrected chi connectivity index (χ1v) is 4.54. The van der Waals surface area contributed by atoms with Crippen LogP contribution < -0.4 is 0 Å². The smallest absolute Gasteiger partial charge is 0.131 e. The minimum Gasteiger partial charge on any atom is -0.234 e. The number of aromatic nitrogens is 4. The van der Waals surface area contributed by atoms with Crippen LogP contribution in [-0.4, -0.2) is 20.0 Å². The first-order valence-electron chi connectivity index (χ1n) is 4.16. The molecule has 0 N–H and O–H groups in total. The van der Waals surface area contributed by atoms with Gasteiger partial charge in [-0.15, -0.1) is 0 Å². The van der Waals surface area contributed by atoms with E-state index in [1.165, 1.54) is 4.80 Å². The topological polar surface area (TPSA) is 43.6 Å². The molecule has 72 valence electrons. The van der Waals surface area contributed by atoms with Crippen molar-refractivity contribution in [2.45, 2.75) is 6.92 Å². The van der Waals surface area contributed by atoms with Crippen LogP contribution in [0.2, 0.25) is 5.15 Å². The molecule has 0 unspecified atom stereocenters. The molecule has 2 aromatic heterocycles. The molecule has 5 heteroatoms. The van der Waals surface area contributed by atoms with Crippen LogP contribution in [0.15, 0.2) is 18.3 Å². The van der Waals surface area contributed by atoms with Crippen molar-refractivity contribution >= 4 is 11.6 Å². The minimum atomic E-state index is 0.477. The third-order valence-electron chi connectivity index (χ3n) is 1.80. The highest BCUT2D eigenvalue weighted by molar-refractivity contribution is 6.29. The second-order valence-electron chi connectivity index (χ2n) is 3.07. The van der Waals surface area contributed by atoms with Gasteiger partial charge in [-0.05, 0) is 24.6 Å². The molecule has 0 aliphatic carbocycles. The lowest BCUT2D eigenvalue weighted by Crippen LogP contribution is -1.92. The quantitative estimate of drug-likeness (QED) is 0.672. The van der Waals surface area contributed by atoms with Crippen LogP contribution in [0.1, 0.15) is 5.56 Å². The molecule has 2 heterocycles. The third-order valence-corrected chi connectivity index (χ3v) is 1.99. The summed E-state index contributed by atoms with van der Waals surface area (Å²) in [6.45, 7) is 1.97. The van der Waals surface area contributed by atoms with Crippen LogP contribution in [0.4, 0.5) is 0 Å². The Hall–Kier alpha value is -1.42. The molecular formula is C9H9ClN4. The molecule has 0 amide bonds. The Balaban J connectivity index is 2.51. The lowest BCUT2D eigenvalue weighted by molar-refractivity contribution is 0.655. The molecule has 4 nitrogen and oxygen atoms in total. The van der Waals surface area contributed by atoms with Crippen LogP contribution in [0.25, 0.3) is 11.4 Å². The predicted octanol–water partition coefficient (Wildman–Crippen LogP) is 1.84. The molecule has 0 saturated heterocycles. The van der Waals surface area contributed by atoms with E-state index >= 15 is 0 Å². The Labute approximate surface area is 86.5 Å². The zero-order valence-electron chi connectivity index (χ0n) is 7.90. The minimum absolute atomic E-state index is 0.477. The van der Waals surface area contributed by atoms with E-state index in [9.17, 15) is 0 Å². The van der Waals surface area contributed by atoms with Gasteiger partial charge in [-0.2, -0.15) is 15.0 Å². The second-order valence-corrected chi connectivity index (χ2v) is 3.46. The lowest BCUT2D eigenvalue weighted by atomic mass is 10.2. The molecule has 0 aromatic carbocycles. The van der Waals surface area contributed by atoms with Gasteiger partial charge in [0, 0.05) is 7.05 Å². The number of hydrogen-bond donors (Lipinski definition) is 0. The second kappa shape index (κ2) is 3.38. The van der Waals surface area contributed by atoms with E-state index in [0.717, 1.165) is 17.0 Å². The third kappa shape index (κ3) is 1.75. The summed E-state index contributed by atoms with van der Waals surface area (Å²) in [6.07, 6.45) is 1.66. The van der Waals surface area contributed by atoms with Gasteiger partial charge in [0.15, 0.2) is 0 Å². The Morgan fingerprint density at radius 2 is 2.07 bits per heavy atom. The summed E-state index contributed by atoms with van der Waals surface area (Å²) in [5.74, 6) is 0. The van der Waals surface area contributed by atoms with Crippen LogP contribution in [0.5, 0.6) is 0 Å². The van der Waals surface area contributed by atoms with Gasteiger partial charge < -0.3 is 0 Å². The molecule has 0 radical (unpaired) electrons. The van der Waals surface area contributed by atoms with E-state index in [2.05, 4.69) is 15.2 Å². The number of halogens is 1. The maximum atomic E-state index is 5.84. The average molecular weight is 209 g/mol. The molecule has 2 rings (SSSR count). The van der Waals surface area contributed by atoms with Crippen molar-refractivity contribution in [3.63, 3.8) is 0 Å². The van der Waals surface area contributed by atoms with Crippen molar-refractivity contribution in [3.8, 4) is 11.4 Å². The summed E-state index contributed by atoms with van der Waals surface area (Å²) < 4.78 is 0. The van der Waals surface area contributed by atoms with E-state index in [1.54, 1.807) is 19.3 Å². The Kier molecular flexibility index (Phi) is 2.21. The maximum Gasteiger partial charge on any atom is 0.131 e. The van der Waals surface area contributed by atoms with Crippen molar-refractivity contribution in [1.29, 1.82) is 0 Å². The number of rotatable bonds is 1. The van der Waals surface area contributed by atoms with Gasteiger partial charge in [0.2, 0.25) is 0 Å². The van der Waals surface area contributed by atoms with E-state index < -0.39 is 0 Å². The SMILES string of the molecule is Cc1cc(Cl)nc(-c2cnn(C)n2)c1. The van der Waals surface area contributed by atoms with Gasteiger partial charge in [0.05, 0.1) is 11.9 Å². The fourth-order valence-corrected chi connectivity index (χ4v) is 1.48. The molecule has 0 spiro atoms. The molecule has 0 bridgehead atoms. The predicted molar refractivity (Wildman–Crippen MR) is 54.0 cm³/mol. The van der Waals surface area contributed by atoms with E-state index in [-0.39, 0.29) is 0 Å². The van der Waals surface area contributed by atoms with E-state index in [4.69, 9.17) is 11.6 Å². The zero-order chi connectivity index (χ0) is 10.1. The Bertz CT molecular complexity index is 443. The largest absolute Gasteiger partial charge is 0.234 e. The average Bonchev–Trinajstić information content (AvgIpc) is 2.50. The van der Waals surface area contributed by atoms with E-state index in [1.807, 2.05) is 13.0 Å². The van der Waals surface area contributed by atoms with Crippen molar-refractivity contribution in [3.05, 3.63) is 29.0 Å². The van der Waals surface area contributed by atoms with Crippen molar-refractivity contribution in [2.75, 3.05) is 0 Å². The Morgan fingerprint density at radius 3 is 2.64 bits per heavy atom. The molecule has 2 aromatic rings. The summed E-state index contributed by atoms with van der Waals surface area (Å²) >= 11 is 5.84. The zero-order valence-corrected chi connectivity index (χ0v) is 8.65. The first kappa shape index (κ1) is 9.15. The first-order chi connectivity index (χ1) is 6.65. The molecular weight excluding hydrogens is 200 g/mol. The maximum absolute atomic E-state index is 5.84. The summed E-state index contributed by atoms with van der Waals surface area (Å²) in [7, 11) is 1.76. The van der Waals surface area contributed by atoms with Gasteiger partial charge in [-0.3, -0.25) is 0 Å². The Morgan fingerprint density at radius 1 is 1.29 bits per heavy atom. The number of nitrogens with zero attached hydrogens (tertiary/aromatic N) is 4. The highest BCUT2D eigenvalue weighted by Crippen LogP contribution is 2.17. The lowest BCUT2D eigenvalue weighted by Gasteiger charge is -1.98. The van der Waals surface area contributed by atoms with Crippen molar-refractivity contribution < 1.29 is 0 Å². The standard InChI is InChI=1S/C9H9ClN4/c1-6-3-7(12-9(10)4-6)8-5-11-14(2)13-8/h3-5H,1-2H3. The van der Waals surface area contributed by atoms with Crippen LogP contribution in [0, 0.1) is 6.92 Å². The molecule has 14 heavy (non-hydrogen) atoms. The van der Waals surface area contributed by atoms with Gasteiger partial charge in [-0.25, -0.2) is 4.98 Å². The van der Waals surface area contributed by atoms with Crippen LogP contribution in [0.3, 0.4) is 0 Å². The highest BCUT2D eigenvalue weighted by Gasteiger charge is 2.05. The summed E-state index contributed by atoms with van der Waals surface area (Å²) in [5.41, 5.74) is 2.55. The van der Waals surface area contributed by atoms with Gasteiger partial charge in [-0.1, -0.05) is 11.6 Å². The normalized spacial score (nSPS) is 10.5. The summed E-state index contributed by atoms with van der Waals surface area (Å²) in [4.78, 5) is 5.66. The monoisotopic (exact) mass is 208 g/mol. The number of pyridine rings is 1. The van der Waals surface area contributed by atoms with Gasteiger partial charge in [0.1, 0.15) is 10.8 Å². The molecule has 0 aliphatic rings. The molecule has 0 aliphatic heterocycles. The number of hydrogen-bond acceptors (Lipinski definition) is 3. The van der Waals surface area contributed by atoms with Crippen LogP contribution >= 0.6 is 11.6 Å². The molecule has 0 atom stereocenters. The fourth-order valence-electron chi connectivity index (χ4n) is 1.22. The van der Waals surface area contributed by atoms with Crippen molar-refractivity contribution in [2.24, 2.45) is 7.05 Å². The number of aryl methyl sites for hydroxylation is 2. The summed E-state index contributed by atoms with van der Waals surface area (Å²) in [6, 6.07) is 3.73. The van der Waals surface area contributed by atoms with Crippen LogP contribution in [-0.2, 0) is 7.05 Å². The summed E-state index contributed by atoms with van der Waals surface area (Å²) in [5, 5.41) is 8.60. The van der Waals surface area contributed by atoms with Gasteiger partial charge in [0.25, 0.3) is 0 Å². The fraction of sp³-hybridized carbons (Fsp3) is 0.222. The molecule has 0 fully saturated rings. The van der Waals surface area contributed by atoms with E-state index in [0.29, 0.717) is 5.15 Å². The van der Waals surface area contributed by atoms with Gasteiger partial charge >= 0.3 is 0 Å². The highest BCUT2D eigenvalue weighted by atomic mass is 35.5. The molecule has 0 saturated carbocycles. The van der Waals surface area contributed by atoms with Crippen molar-refractivity contribution in [1.82, 2.24) is 20.0 Å².